The molecule has 0 saturated carbocycles. The summed E-state index contributed by atoms with van der Waals surface area (Å²) in [5, 5.41) is 15.0. The fourth-order valence-corrected chi connectivity index (χ4v) is 2.12. The molecule has 0 aliphatic carbocycles. The lowest BCUT2D eigenvalue weighted by Crippen LogP contribution is -2.41. The Morgan fingerprint density at radius 1 is 1.04 bits per heavy atom. The molecule has 2 aromatic rings. The highest BCUT2D eigenvalue weighted by Gasteiger charge is 2.18. The summed E-state index contributed by atoms with van der Waals surface area (Å²) in [7, 11) is 0. The molecule has 5 heteroatoms. The van der Waals surface area contributed by atoms with Crippen LogP contribution in [0.1, 0.15) is 28.4 Å². The van der Waals surface area contributed by atoms with Crippen molar-refractivity contribution in [2.75, 3.05) is 5.32 Å². The van der Waals surface area contributed by atoms with Crippen LogP contribution in [-0.4, -0.2) is 23.0 Å². The molecular formula is C18H20N2O3. The number of carbonyl (C=O) groups is 2. The molecule has 2 rings (SSSR count). The maximum atomic E-state index is 12.2. The summed E-state index contributed by atoms with van der Waals surface area (Å²) < 4.78 is 0. The molecule has 0 aliphatic rings. The van der Waals surface area contributed by atoms with E-state index in [1.165, 1.54) is 6.07 Å². The minimum atomic E-state index is -0.733. The Balaban J connectivity index is 2.02. The lowest BCUT2D eigenvalue weighted by atomic mass is 10.1. The Morgan fingerprint density at radius 3 is 2.43 bits per heavy atom. The first-order valence-corrected chi connectivity index (χ1v) is 7.35. The van der Waals surface area contributed by atoms with Crippen LogP contribution in [0, 0.1) is 13.8 Å². The molecular weight excluding hydrogens is 292 g/mol. The molecule has 0 saturated heterocycles. The third-order valence-electron chi connectivity index (χ3n) is 3.43. The summed E-state index contributed by atoms with van der Waals surface area (Å²) in [6.07, 6.45) is 0. The molecule has 0 fully saturated rings. The molecule has 0 aromatic heterocycles. The lowest BCUT2D eigenvalue weighted by Gasteiger charge is -2.15. The van der Waals surface area contributed by atoms with Crippen LogP contribution in [0.2, 0.25) is 0 Å². The van der Waals surface area contributed by atoms with Gasteiger partial charge in [-0.25, -0.2) is 0 Å². The molecule has 1 atom stereocenters. The van der Waals surface area contributed by atoms with Crippen molar-refractivity contribution < 1.29 is 14.7 Å². The number of hydrogen-bond donors (Lipinski definition) is 3. The molecule has 3 N–H and O–H groups in total. The first-order valence-electron chi connectivity index (χ1n) is 7.35. The van der Waals surface area contributed by atoms with Gasteiger partial charge in [-0.05, 0) is 50.6 Å². The summed E-state index contributed by atoms with van der Waals surface area (Å²) in [6, 6.07) is 11.3. The van der Waals surface area contributed by atoms with Gasteiger partial charge in [0.15, 0.2) is 0 Å². The third kappa shape index (κ3) is 4.32. The Kier molecular flexibility index (Phi) is 5.01. The average molecular weight is 312 g/mol. The van der Waals surface area contributed by atoms with Crippen molar-refractivity contribution in [3.05, 3.63) is 59.2 Å². The van der Waals surface area contributed by atoms with Gasteiger partial charge in [0.05, 0.1) is 5.69 Å². The second-order valence-corrected chi connectivity index (χ2v) is 5.57. The zero-order valence-corrected chi connectivity index (χ0v) is 13.4. The van der Waals surface area contributed by atoms with Crippen molar-refractivity contribution >= 4 is 17.5 Å². The van der Waals surface area contributed by atoms with E-state index in [2.05, 4.69) is 10.6 Å². The zero-order chi connectivity index (χ0) is 17.0. The molecule has 1 unspecified atom stereocenters. The number of amides is 2. The number of hydrogen-bond acceptors (Lipinski definition) is 3. The molecule has 0 spiro atoms. The van der Waals surface area contributed by atoms with Gasteiger partial charge in [-0.2, -0.15) is 0 Å². The topological polar surface area (TPSA) is 78.4 Å². The largest absolute Gasteiger partial charge is 0.506 e. The number of phenolic OH excluding ortho intramolecular Hbond substituents is 1. The van der Waals surface area contributed by atoms with Gasteiger partial charge in [0.1, 0.15) is 11.8 Å². The molecule has 0 radical (unpaired) electrons. The maximum absolute atomic E-state index is 12.2. The van der Waals surface area contributed by atoms with E-state index in [9.17, 15) is 14.7 Å². The van der Waals surface area contributed by atoms with E-state index in [0.29, 0.717) is 11.3 Å². The number of aromatic hydroxyl groups is 1. The number of carbonyl (C=O) groups excluding carboxylic acids is 2. The Hall–Kier alpha value is -2.82. The van der Waals surface area contributed by atoms with Crippen LogP contribution in [0.4, 0.5) is 5.69 Å². The SMILES string of the molecule is Cc1cccc(C(=O)NC(C)C(=O)Nc2cc(C)ccc2O)c1. The summed E-state index contributed by atoms with van der Waals surface area (Å²) in [6.45, 7) is 5.35. The maximum Gasteiger partial charge on any atom is 0.251 e. The van der Waals surface area contributed by atoms with Gasteiger partial charge in [0.2, 0.25) is 5.91 Å². The van der Waals surface area contributed by atoms with E-state index < -0.39 is 11.9 Å². The van der Waals surface area contributed by atoms with Crippen molar-refractivity contribution in [1.82, 2.24) is 5.32 Å². The molecule has 0 aliphatic heterocycles. The second-order valence-electron chi connectivity index (χ2n) is 5.57. The number of aryl methyl sites for hydroxylation is 2. The Morgan fingerprint density at radius 2 is 1.74 bits per heavy atom. The standard InChI is InChI=1S/C18H20N2O3/c1-11-5-4-6-14(9-11)18(23)19-13(3)17(22)20-15-10-12(2)7-8-16(15)21/h4-10,13,21H,1-3H3,(H,19,23)(H,20,22). The monoisotopic (exact) mass is 312 g/mol. The smallest absolute Gasteiger partial charge is 0.251 e. The van der Waals surface area contributed by atoms with E-state index in [-0.39, 0.29) is 11.7 Å². The minimum Gasteiger partial charge on any atom is -0.506 e. The highest BCUT2D eigenvalue weighted by atomic mass is 16.3. The van der Waals surface area contributed by atoms with Crippen molar-refractivity contribution in [3.8, 4) is 5.75 Å². The molecule has 120 valence electrons. The normalized spacial score (nSPS) is 11.6. The van der Waals surface area contributed by atoms with Gasteiger partial charge in [0.25, 0.3) is 5.91 Å². The fraction of sp³-hybridized carbons (Fsp3) is 0.222. The Labute approximate surface area is 135 Å². The first kappa shape index (κ1) is 16.5. The van der Waals surface area contributed by atoms with E-state index in [0.717, 1.165) is 11.1 Å². The molecule has 0 bridgehead atoms. The van der Waals surface area contributed by atoms with E-state index in [1.807, 2.05) is 19.9 Å². The highest BCUT2D eigenvalue weighted by Crippen LogP contribution is 2.23. The van der Waals surface area contributed by atoms with Crippen LogP contribution in [0.5, 0.6) is 5.75 Å². The molecule has 2 aromatic carbocycles. The predicted molar refractivity (Wildman–Crippen MR) is 89.6 cm³/mol. The van der Waals surface area contributed by atoms with Crippen LogP contribution in [0.15, 0.2) is 42.5 Å². The van der Waals surface area contributed by atoms with Gasteiger partial charge < -0.3 is 15.7 Å². The lowest BCUT2D eigenvalue weighted by molar-refractivity contribution is -0.117. The van der Waals surface area contributed by atoms with Gasteiger partial charge in [-0.3, -0.25) is 9.59 Å². The summed E-state index contributed by atoms with van der Waals surface area (Å²) >= 11 is 0. The molecule has 23 heavy (non-hydrogen) atoms. The van der Waals surface area contributed by atoms with E-state index in [4.69, 9.17) is 0 Å². The number of rotatable bonds is 4. The highest BCUT2D eigenvalue weighted by molar-refractivity contribution is 6.01. The minimum absolute atomic E-state index is 0.0128. The van der Waals surface area contributed by atoms with Gasteiger partial charge in [-0.15, -0.1) is 0 Å². The van der Waals surface area contributed by atoms with E-state index in [1.54, 1.807) is 37.3 Å². The van der Waals surface area contributed by atoms with Crippen LogP contribution in [-0.2, 0) is 4.79 Å². The molecule has 0 heterocycles. The number of benzene rings is 2. The van der Waals surface area contributed by atoms with Crippen molar-refractivity contribution in [1.29, 1.82) is 0 Å². The summed E-state index contributed by atoms with van der Waals surface area (Å²) in [4.78, 5) is 24.3. The van der Waals surface area contributed by atoms with Crippen LogP contribution >= 0.6 is 0 Å². The van der Waals surface area contributed by atoms with Crippen LogP contribution in [0.25, 0.3) is 0 Å². The first-order chi connectivity index (χ1) is 10.9. The number of nitrogens with one attached hydrogen (secondary N) is 2. The average Bonchev–Trinajstić information content (AvgIpc) is 2.50. The molecule has 2 amide bonds. The molecule has 5 nitrogen and oxygen atoms in total. The van der Waals surface area contributed by atoms with Gasteiger partial charge in [0, 0.05) is 5.56 Å². The predicted octanol–water partition coefficient (Wildman–Crippen LogP) is 2.77. The third-order valence-corrected chi connectivity index (χ3v) is 3.43. The van der Waals surface area contributed by atoms with Crippen molar-refractivity contribution in [2.24, 2.45) is 0 Å². The Bertz CT molecular complexity index is 741. The second kappa shape index (κ2) is 6.96. The summed E-state index contributed by atoms with van der Waals surface area (Å²) in [5.41, 5.74) is 2.71. The fourth-order valence-electron chi connectivity index (χ4n) is 2.12. The zero-order valence-electron chi connectivity index (χ0n) is 13.4. The summed E-state index contributed by atoms with van der Waals surface area (Å²) in [5.74, 6) is -0.724. The van der Waals surface area contributed by atoms with Gasteiger partial charge in [-0.1, -0.05) is 23.8 Å². The number of anilines is 1. The van der Waals surface area contributed by atoms with Gasteiger partial charge >= 0.3 is 0 Å². The van der Waals surface area contributed by atoms with E-state index >= 15 is 0 Å². The van der Waals surface area contributed by atoms with Crippen molar-refractivity contribution in [3.63, 3.8) is 0 Å². The van der Waals surface area contributed by atoms with Crippen LogP contribution in [0.3, 0.4) is 0 Å². The van der Waals surface area contributed by atoms with Crippen molar-refractivity contribution in [2.45, 2.75) is 26.8 Å². The quantitative estimate of drug-likeness (QED) is 0.760. The van der Waals surface area contributed by atoms with Crippen LogP contribution < -0.4 is 10.6 Å². The number of phenols is 1.